The van der Waals surface area contributed by atoms with E-state index in [2.05, 4.69) is 10.6 Å². The molecule has 2 amide bonds. The Morgan fingerprint density at radius 2 is 1.78 bits per heavy atom. The summed E-state index contributed by atoms with van der Waals surface area (Å²) in [6.45, 7) is 4.34. The van der Waals surface area contributed by atoms with E-state index in [0.29, 0.717) is 6.54 Å². The SMILES string of the molecule is CC(C)[C@H](N)C(=O)NCC(=O)NC(CN(C)C)c1ccccc1. The van der Waals surface area contributed by atoms with Crippen molar-refractivity contribution >= 4 is 11.8 Å². The summed E-state index contributed by atoms with van der Waals surface area (Å²) in [5, 5.41) is 5.54. The van der Waals surface area contributed by atoms with Crippen molar-refractivity contribution in [3.05, 3.63) is 35.9 Å². The Morgan fingerprint density at radius 1 is 1.17 bits per heavy atom. The molecule has 1 aromatic carbocycles. The maximum Gasteiger partial charge on any atom is 0.239 e. The number of carbonyl (C=O) groups excluding carboxylic acids is 2. The molecule has 2 atom stereocenters. The van der Waals surface area contributed by atoms with E-state index in [0.717, 1.165) is 5.56 Å². The molecular weight excluding hydrogens is 292 g/mol. The Kier molecular flexibility index (Phi) is 7.71. The fourth-order valence-corrected chi connectivity index (χ4v) is 2.12. The van der Waals surface area contributed by atoms with Crippen molar-refractivity contribution in [2.75, 3.05) is 27.2 Å². The van der Waals surface area contributed by atoms with Gasteiger partial charge in [0.15, 0.2) is 0 Å². The van der Waals surface area contributed by atoms with Gasteiger partial charge in [-0.3, -0.25) is 9.59 Å². The van der Waals surface area contributed by atoms with Crippen molar-refractivity contribution in [2.24, 2.45) is 11.7 Å². The Hall–Kier alpha value is -1.92. The lowest BCUT2D eigenvalue weighted by Crippen LogP contribution is -2.48. The zero-order chi connectivity index (χ0) is 17.4. The summed E-state index contributed by atoms with van der Waals surface area (Å²) in [4.78, 5) is 25.9. The Bertz CT molecular complexity index is 503. The zero-order valence-electron chi connectivity index (χ0n) is 14.4. The van der Waals surface area contributed by atoms with Crippen LogP contribution in [-0.4, -0.2) is 49.9 Å². The number of hydrogen-bond donors (Lipinski definition) is 3. The number of amides is 2. The van der Waals surface area contributed by atoms with E-state index in [9.17, 15) is 9.59 Å². The van der Waals surface area contributed by atoms with Crippen molar-refractivity contribution in [1.82, 2.24) is 15.5 Å². The minimum absolute atomic E-state index is 0.0314. The quantitative estimate of drug-likeness (QED) is 0.651. The highest BCUT2D eigenvalue weighted by molar-refractivity contribution is 5.87. The number of benzene rings is 1. The molecule has 0 aliphatic heterocycles. The molecule has 6 heteroatoms. The van der Waals surface area contributed by atoms with E-state index in [1.165, 1.54) is 0 Å². The van der Waals surface area contributed by atoms with Gasteiger partial charge in [-0.2, -0.15) is 0 Å². The molecule has 0 spiro atoms. The van der Waals surface area contributed by atoms with Gasteiger partial charge in [0, 0.05) is 6.54 Å². The Morgan fingerprint density at radius 3 is 2.30 bits per heavy atom. The maximum absolute atomic E-state index is 12.1. The second-order valence-electron chi connectivity index (χ2n) is 6.28. The summed E-state index contributed by atoms with van der Waals surface area (Å²) in [7, 11) is 3.90. The molecule has 0 fully saturated rings. The number of nitrogens with one attached hydrogen (secondary N) is 2. The number of carbonyl (C=O) groups is 2. The van der Waals surface area contributed by atoms with Crippen LogP contribution in [0.4, 0.5) is 0 Å². The summed E-state index contributed by atoms with van der Waals surface area (Å²) in [6.07, 6.45) is 0. The number of hydrogen-bond acceptors (Lipinski definition) is 4. The minimum atomic E-state index is -0.602. The van der Waals surface area contributed by atoms with Crippen molar-refractivity contribution in [3.8, 4) is 0 Å². The average molecular weight is 320 g/mol. The predicted molar refractivity (Wildman–Crippen MR) is 91.7 cm³/mol. The molecule has 0 heterocycles. The molecule has 0 radical (unpaired) electrons. The summed E-state index contributed by atoms with van der Waals surface area (Å²) < 4.78 is 0. The molecule has 128 valence electrons. The number of nitrogens with zero attached hydrogens (tertiary/aromatic N) is 1. The van der Waals surface area contributed by atoms with Gasteiger partial charge in [0.05, 0.1) is 18.6 Å². The highest BCUT2D eigenvalue weighted by Crippen LogP contribution is 2.13. The van der Waals surface area contributed by atoms with Gasteiger partial charge in [-0.15, -0.1) is 0 Å². The molecule has 1 aromatic rings. The molecule has 23 heavy (non-hydrogen) atoms. The van der Waals surface area contributed by atoms with Gasteiger partial charge in [0.1, 0.15) is 0 Å². The first-order chi connectivity index (χ1) is 10.8. The monoisotopic (exact) mass is 320 g/mol. The molecule has 6 nitrogen and oxygen atoms in total. The van der Waals surface area contributed by atoms with E-state index in [4.69, 9.17) is 5.73 Å². The summed E-state index contributed by atoms with van der Waals surface area (Å²) in [5.74, 6) is -0.507. The normalized spacial score (nSPS) is 13.7. The van der Waals surface area contributed by atoms with Gasteiger partial charge in [0.25, 0.3) is 0 Å². The third-order valence-electron chi connectivity index (χ3n) is 3.53. The summed E-state index contributed by atoms with van der Waals surface area (Å²) in [5.41, 5.74) is 6.78. The minimum Gasteiger partial charge on any atom is -0.346 e. The molecule has 0 aromatic heterocycles. The molecule has 1 rings (SSSR count). The van der Waals surface area contributed by atoms with Crippen LogP contribution in [0.15, 0.2) is 30.3 Å². The number of nitrogens with two attached hydrogens (primary N) is 1. The summed E-state index contributed by atoms with van der Waals surface area (Å²) in [6, 6.07) is 9.03. The topological polar surface area (TPSA) is 87.5 Å². The van der Waals surface area contributed by atoms with Crippen LogP contribution in [0.1, 0.15) is 25.5 Å². The lowest BCUT2D eigenvalue weighted by molar-refractivity contribution is -0.127. The van der Waals surface area contributed by atoms with Crippen molar-refractivity contribution in [2.45, 2.75) is 25.9 Å². The highest BCUT2D eigenvalue weighted by Gasteiger charge is 2.19. The zero-order valence-corrected chi connectivity index (χ0v) is 14.4. The number of rotatable bonds is 8. The summed E-state index contributed by atoms with van der Waals surface area (Å²) >= 11 is 0. The first kappa shape index (κ1) is 19.1. The first-order valence-electron chi connectivity index (χ1n) is 7.83. The fourth-order valence-electron chi connectivity index (χ4n) is 2.12. The smallest absolute Gasteiger partial charge is 0.239 e. The van der Waals surface area contributed by atoms with Crippen LogP contribution in [0.5, 0.6) is 0 Å². The molecule has 1 unspecified atom stereocenters. The highest BCUT2D eigenvalue weighted by atomic mass is 16.2. The van der Waals surface area contributed by atoms with Crippen LogP contribution in [0, 0.1) is 5.92 Å². The van der Waals surface area contributed by atoms with E-state index in [-0.39, 0.29) is 30.3 Å². The molecule has 0 aliphatic rings. The van der Waals surface area contributed by atoms with Gasteiger partial charge in [-0.1, -0.05) is 44.2 Å². The first-order valence-corrected chi connectivity index (χ1v) is 7.83. The van der Waals surface area contributed by atoms with Crippen LogP contribution in [0.2, 0.25) is 0 Å². The average Bonchev–Trinajstić information content (AvgIpc) is 2.51. The molecular formula is C17H28N4O2. The fraction of sp³-hybridized carbons (Fsp3) is 0.529. The van der Waals surface area contributed by atoms with E-state index >= 15 is 0 Å². The Balaban J connectivity index is 2.59. The van der Waals surface area contributed by atoms with E-state index < -0.39 is 6.04 Å². The van der Waals surface area contributed by atoms with Crippen LogP contribution >= 0.6 is 0 Å². The molecule has 0 saturated carbocycles. The van der Waals surface area contributed by atoms with Crippen molar-refractivity contribution < 1.29 is 9.59 Å². The third-order valence-corrected chi connectivity index (χ3v) is 3.53. The number of likely N-dealkylation sites (N-methyl/N-ethyl adjacent to an activating group) is 1. The van der Waals surface area contributed by atoms with Crippen LogP contribution in [0.3, 0.4) is 0 Å². The van der Waals surface area contributed by atoms with Gasteiger partial charge in [-0.25, -0.2) is 0 Å². The van der Waals surface area contributed by atoms with Crippen LogP contribution < -0.4 is 16.4 Å². The van der Waals surface area contributed by atoms with Crippen molar-refractivity contribution in [1.29, 1.82) is 0 Å². The van der Waals surface area contributed by atoms with E-state index in [1.54, 1.807) is 0 Å². The van der Waals surface area contributed by atoms with Gasteiger partial charge in [-0.05, 0) is 25.6 Å². The maximum atomic E-state index is 12.1. The Labute approximate surface area is 138 Å². The second kappa shape index (κ2) is 9.27. The van der Waals surface area contributed by atoms with E-state index in [1.807, 2.05) is 63.2 Å². The van der Waals surface area contributed by atoms with Crippen LogP contribution in [0.25, 0.3) is 0 Å². The molecule has 0 saturated heterocycles. The van der Waals surface area contributed by atoms with Gasteiger partial charge in [0.2, 0.25) is 11.8 Å². The molecule has 0 aliphatic carbocycles. The molecule has 4 N–H and O–H groups in total. The lowest BCUT2D eigenvalue weighted by atomic mass is 10.1. The third kappa shape index (κ3) is 6.80. The largest absolute Gasteiger partial charge is 0.346 e. The second-order valence-corrected chi connectivity index (χ2v) is 6.28. The lowest BCUT2D eigenvalue weighted by Gasteiger charge is -2.23. The van der Waals surface area contributed by atoms with Gasteiger partial charge >= 0.3 is 0 Å². The molecule has 0 bridgehead atoms. The standard InChI is InChI=1S/C17H28N4O2/c1-12(2)16(18)17(23)19-10-15(22)20-14(11-21(3)4)13-8-6-5-7-9-13/h5-9,12,14,16H,10-11,18H2,1-4H3,(H,19,23)(H,20,22)/t14?,16-/m0/s1. The van der Waals surface area contributed by atoms with Gasteiger partial charge < -0.3 is 21.3 Å². The van der Waals surface area contributed by atoms with Crippen LogP contribution in [-0.2, 0) is 9.59 Å². The van der Waals surface area contributed by atoms with Crippen molar-refractivity contribution in [3.63, 3.8) is 0 Å². The predicted octanol–water partition coefficient (Wildman–Crippen LogP) is 0.505.